The summed E-state index contributed by atoms with van der Waals surface area (Å²) in [5, 5.41) is 0. The van der Waals surface area contributed by atoms with Gasteiger partial charge in [0.25, 0.3) is 0 Å². The Morgan fingerprint density at radius 1 is 0.684 bits per heavy atom. The maximum atomic E-state index is 5.03. The first-order valence-corrected chi connectivity index (χ1v) is 8.22. The van der Waals surface area contributed by atoms with Gasteiger partial charge in [0.1, 0.15) is 0 Å². The van der Waals surface area contributed by atoms with E-state index in [9.17, 15) is 0 Å². The zero-order valence-electron chi connectivity index (χ0n) is 13.2. The number of methoxy groups -OCH3 is 1. The summed E-state index contributed by atoms with van der Waals surface area (Å²) in [5.74, 6) is 0. The van der Waals surface area contributed by atoms with Crippen LogP contribution in [0.1, 0.15) is 77.6 Å². The van der Waals surface area contributed by atoms with Crippen LogP contribution in [-0.4, -0.2) is 13.7 Å². The van der Waals surface area contributed by atoms with Crippen LogP contribution in [0.2, 0.25) is 0 Å². The van der Waals surface area contributed by atoms with Crippen molar-refractivity contribution >= 4 is 0 Å². The van der Waals surface area contributed by atoms with E-state index in [0.717, 1.165) is 6.61 Å². The zero-order chi connectivity index (χ0) is 14.0. The summed E-state index contributed by atoms with van der Waals surface area (Å²) in [7, 11) is 1.78. The summed E-state index contributed by atoms with van der Waals surface area (Å²) in [5.41, 5.74) is 0. The summed E-state index contributed by atoms with van der Waals surface area (Å²) < 4.78 is 5.03. The lowest BCUT2D eigenvalue weighted by molar-refractivity contribution is 0.192. The molecule has 0 aromatic rings. The Kier molecular flexibility index (Phi) is 16.9. The maximum Gasteiger partial charge on any atom is 0.0462 e. The summed E-state index contributed by atoms with van der Waals surface area (Å²) >= 11 is 0. The Morgan fingerprint density at radius 3 is 1.74 bits per heavy atom. The second-order valence-electron chi connectivity index (χ2n) is 5.25. The second kappa shape index (κ2) is 17.4. The number of hydrogen-bond acceptors (Lipinski definition) is 1. The van der Waals surface area contributed by atoms with Crippen molar-refractivity contribution in [2.45, 2.75) is 77.6 Å². The molecule has 0 fully saturated rings. The highest BCUT2D eigenvalue weighted by molar-refractivity contribution is 5.02. The molecule has 1 nitrogen and oxygen atoms in total. The normalized spacial score (nSPS) is 11.9. The Morgan fingerprint density at radius 2 is 1.21 bits per heavy atom. The lowest BCUT2D eigenvalue weighted by atomic mass is 10.1. The fourth-order valence-corrected chi connectivity index (χ4v) is 2.08. The summed E-state index contributed by atoms with van der Waals surface area (Å²) in [6.07, 6.45) is 23.5. The van der Waals surface area contributed by atoms with Gasteiger partial charge in [0.15, 0.2) is 0 Å². The predicted molar refractivity (Wildman–Crippen MR) is 86.6 cm³/mol. The average Bonchev–Trinajstić information content (AvgIpc) is 2.43. The molecule has 0 N–H and O–H groups in total. The lowest BCUT2D eigenvalue weighted by Gasteiger charge is -1.98. The standard InChI is InChI=1S/C18H34O/c1-3-4-5-6-7-8-9-10-11-12-13-14-15-16-17-18-19-2/h9-12H,3-8,13-18H2,1-2H3/b10-9+,12-11+. The van der Waals surface area contributed by atoms with E-state index in [-0.39, 0.29) is 0 Å². The minimum absolute atomic E-state index is 0.914. The van der Waals surface area contributed by atoms with Gasteiger partial charge in [-0.25, -0.2) is 0 Å². The Hall–Kier alpha value is -0.560. The molecule has 0 atom stereocenters. The van der Waals surface area contributed by atoms with Gasteiger partial charge in [-0.1, -0.05) is 69.8 Å². The van der Waals surface area contributed by atoms with Crippen LogP contribution in [0, 0.1) is 0 Å². The molecule has 0 spiro atoms. The Balaban J connectivity index is 3.15. The topological polar surface area (TPSA) is 9.23 Å². The largest absolute Gasteiger partial charge is 0.385 e. The molecule has 19 heavy (non-hydrogen) atoms. The van der Waals surface area contributed by atoms with Crippen LogP contribution in [-0.2, 0) is 4.74 Å². The van der Waals surface area contributed by atoms with E-state index in [1.165, 1.54) is 70.6 Å². The highest BCUT2D eigenvalue weighted by Gasteiger charge is 1.88. The molecule has 0 aliphatic heterocycles. The van der Waals surface area contributed by atoms with Gasteiger partial charge in [0.05, 0.1) is 0 Å². The molecular weight excluding hydrogens is 232 g/mol. The van der Waals surface area contributed by atoms with E-state index < -0.39 is 0 Å². The first-order valence-electron chi connectivity index (χ1n) is 8.22. The summed E-state index contributed by atoms with van der Waals surface area (Å²) in [6.45, 7) is 3.18. The molecule has 0 aromatic carbocycles. The van der Waals surface area contributed by atoms with E-state index in [4.69, 9.17) is 4.74 Å². The first-order chi connectivity index (χ1) is 9.41. The molecule has 0 heterocycles. The van der Waals surface area contributed by atoms with E-state index in [1.807, 2.05) is 0 Å². The van der Waals surface area contributed by atoms with Crippen molar-refractivity contribution in [1.82, 2.24) is 0 Å². The molecule has 0 amide bonds. The van der Waals surface area contributed by atoms with Gasteiger partial charge in [0.2, 0.25) is 0 Å². The minimum atomic E-state index is 0.914. The average molecular weight is 266 g/mol. The van der Waals surface area contributed by atoms with Crippen molar-refractivity contribution in [3.8, 4) is 0 Å². The second-order valence-corrected chi connectivity index (χ2v) is 5.25. The highest BCUT2D eigenvalue weighted by atomic mass is 16.5. The smallest absolute Gasteiger partial charge is 0.0462 e. The molecule has 0 unspecified atom stereocenters. The number of hydrogen-bond donors (Lipinski definition) is 0. The predicted octanol–water partition coefficient (Wildman–Crippen LogP) is 6.06. The first kappa shape index (κ1) is 18.4. The molecule has 0 aliphatic rings. The third-order valence-corrected chi connectivity index (χ3v) is 3.33. The van der Waals surface area contributed by atoms with Crippen molar-refractivity contribution in [1.29, 1.82) is 0 Å². The molecule has 0 radical (unpaired) electrons. The van der Waals surface area contributed by atoms with Gasteiger partial charge >= 0.3 is 0 Å². The van der Waals surface area contributed by atoms with Crippen molar-refractivity contribution in [3.63, 3.8) is 0 Å². The molecule has 0 saturated heterocycles. The maximum absolute atomic E-state index is 5.03. The van der Waals surface area contributed by atoms with Crippen LogP contribution < -0.4 is 0 Å². The van der Waals surface area contributed by atoms with Crippen LogP contribution in [0.4, 0.5) is 0 Å². The van der Waals surface area contributed by atoms with Crippen molar-refractivity contribution < 1.29 is 4.74 Å². The SMILES string of the molecule is CCCCCCC/C=C/C=C/CCCCCCOC. The third kappa shape index (κ3) is 17.4. The molecule has 0 aromatic heterocycles. The molecule has 0 rings (SSSR count). The monoisotopic (exact) mass is 266 g/mol. The number of ether oxygens (including phenoxy) is 1. The summed E-state index contributed by atoms with van der Waals surface area (Å²) in [6, 6.07) is 0. The van der Waals surface area contributed by atoms with Gasteiger partial charge in [-0.05, 0) is 32.1 Å². The number of rotatable bonds is 14. The van der Waals surface area contributed by atoms with Crippen LogP contribution in [0.25, 0.3) is 0 Å². The van der Waals surface area contributed by atoms with E-state index in [2.05, 4.69) is 31.2 Å². The van der Waals surface area contributed by atoms with Crippen LogP contribution in [0.15, 0.2) is 24.3 Å². The van der Waals surface area contributed by atoms with Crippen LogP contribution >= 0.6 is 0 Å². The molecular formula is C18H34O. The number of unbranched alkanes of at least 4 members (excludes halogenated alkanes) is 9. The van der Waals surface area contributed by atoms with Crippen molar-refractivity contribution in [3.05, 3.63) is 24.3 Å². The van der Waals surface area contributed by atoms with Gasteiger partial charge in [-0.15, -0.1) is 0 Å². The lowest BCUT2D eigenvalue weighted by Crippen LogP contribution is -1.87. The van der Waals surface area contributed by atoms with Crippen molar-refractivity contribution in [2.24, 2.45) is 0 Å². The fourth-order valence-electron chi connectivity index (χ4n) is 2.08. The van der Waals surface area contributed by atoms with Gasteiger partial charge in [-0.2, -0.15) is 0 Å². The van der Waals surface area contributed by atoms with Gasteiger partial charge in [0, 0.05) is 13.7 Å². The summed E-state index contributed by atoms with van der Waals surface area (Å²) in [4.78, 5) is 0. The molecule has 0 aliphatic carbocycles. The Labute approximate surface area is 121 Å². The molecule has 0 bridgehead atoms. The van der Waals surface area contributed by atoms with Crippen LogP contribution in [0.5, 0.6) is 0 Å². The van der Waals surface area contributed by atoms with Gasteiger partial charge < -0.3 is 4.74 Å². The zero-order valence-corrected chi connectivity index (χ0v) is 13.2. The highest BCUT2D eigenvalue weighted by Crippen LogP contribution is 2.06. The van der Waals surface area contributed by atoms with Crippen molar-refractivity contribution in [2.75, 3.05) is 13.7 Å². The van der Waals surface area contributed by atoms with E-state index in [1.54, 1.807) is 7.11 Å². The molecule has 1 heteroatoms. The minimum Gasteiger partial charge on any atom is -0.385 e. The van der Waals surface area contributed by atoms with E-state index in [0.29, 0.717) is 0 Å². The van der Waals surface area contributed by atoms with Crippen LogP contribution in [0.3, 0.4) is 0 Å². The van der Waals surface area contributed by atoms with E-state index >= 15 is 0 Å². The Bertz CT molecular complexity index is 206. The van der Waals surface area contributed by atoms with Gasteiger partial charge in [-0.3, -0.25) is 0 Å². The number of allylic oxidation sites excluding steroid dienone is 4. The molecule has 112 valence electrons. The fraction of sp³-hybridized carbons (Fsp3) is 0.778. The quantitative estimate of drug-likeness (QED) is 0.274. The molecule has 0 saturated carbocycles. The third-order valence-electron chi connectivity index (χ3n) is 3.33.